The zero-order valence-corrected chi connectivity index (χ0v) is 14.0. The van der Waals surface area contributed by atoms with Crippen LogP contribution in [0, 0.1) is 6.92 Å². The first kappa shape index (κ1) is 15.8. The number of nitrogens with two attached hydrogens (primary N) is 1. The van der Waals surface area contributed by atoms with Gasteiger partial charge in [0.25, 0.3) is 5.91 Å². The van der Waals surface area contributed by atoms with Gasteiger partial charge in [0.2, 0.25) is 0 Å². The summed E-state index contributed by atoms with van der Waals surface area (Å²) in [7, 11) is 0. The lowest BCUT2D eigenvalue weighted by Gasteiger charge is -2.25. The van der Waals surface area contributed by atoms with Crippen LogP contribution in [0.25, 0.3) is 11.0 Å². The van der Waals surface area contributed by atoms with Crippen LogP contribution in [-0.4, -0.2) is 45.7 Å². The van der Waals surface area contributed by atoms with Gasteiger partial charge in [-0.3, -0.25) is 4.79 Å². The van der Waals surface area contributed by atoms with Crippen molar-refractivity contribution in [3.8, 4) is 0 Å². The van der Waals surface area contributed by atoms with Gasteiger partial charge in [0, 0.05) is 37.3 Å². The summed E-state index contributed by atoms with van der Waals surface area (Å²) in [6, 6.07) is -0.0618. The Morgan fingerprint density at radius 2 is 2.39 bits per heavy atom. The molecule has 0 aromatic carbocycles. The summed E-state index contributed by atoms with van der Waals surface area (Å²) in [4.78, 5) is 26.7. The summed E-state index contributed by atoms with van der Waals surface area (Å²) >= 11 is 1.55. The lowest BCUT2D eigenvalue weighted by molar-refractivity contribution is -0.116. The minimum absolute atomic E-state index is 0.0618. The second-order valence-electron chi connectivity index (χ2n) is 5.62. The second kappa shape index (κ2) is 6.59. The molecule has 1 unspecified atom stereocenters. The number of amides is 1. The molecule has 122 valence electrons. The quantitative estimate of drug-likeness (QED) is 0.776. The van der Waals surface area contributed by atoms with Crippen molar-refractivity contribution in [3.63, 3.8) is 0 Å². The molecule has 0 radical (unpaired) electrons. The number of thioether (sulfide) groups is 1. The van der Waals surface area contributed by atoms with Crippen molar-refractivity contribution in [3.05, 3.63) is 29.2 Å². The van der Waals surface area contributed by atoms with E-state index in [-0.39, 0.29) is 11.9 Å². The molecule has 0 fully saturated rings. The maximum Gasteiger partial charge on any atom is 0.259 e. The highest BCUT2D eigenvalue weighted by atomic mass is 32.2. The van der Waals surface area contributed by atoms with Crippen molar-refractivity contribution in [2.24, 2.45) is 5.73 Å². The van der Waals surface area contributed by atoms with Crippen LogP contribution in [0.1, 0.15) is 12.5 Å². The maximum absolute atomic E-state index is 12.2. The van der Waals surface area contributed by atoms with Crippen molar-refractivity contribution in [2.75, 3.05) is 23.7 Å². The lowest BCUT2D eigenvalue weighted by Crippen LogP contribution is -2.37. The molecule has 2 aromatic heterocycles. The van der Waals surface area contributed by atoms with E-state index in [2.05, 4.69) is 20.3 Å². The zero-order chi connectivity index (χ0) is 16.4. The van der Waals surface area contributed by atoms with E-state index in [9.17, 15) is 4.79 Å². The molecule has 1 aliphatic rings. The number of aromatic amines is 1. The number of fused-ring (bicyclic) bond motifs is 1. The van der Waals surface area contributed by atoms with Gasteiger partial charge >= 0.3 is 0 Å². The zero-order valence-electron chi connectivity index (χ0n) is 13.2. The molecule has 4 N–H and O–H groups in total. The molecule has 1 atom stereocenters. The topological polar surface area (TPSA) is 99.9 Å². The van der Waals surface area contributed by atoms with Crippen LogP contribution >= 0.6 is 11.8 Å². The Labute approximate surface area is 138 Å². The normalized spacial score (nSPS) is 16.3. The van der Waals surface area contributed by atoms with Crippen molar-refractivity contribution in [2.45, 2.75) is 19.9 Å². The minimum Gasteiger partial charge on any atom is -0.350 e. The number of nitrogens with one attached hydrogen (secondary N) is 2. The van der Waals surface area contributed by atoms with Gasteiger partial charge in [0.15, 0.2) is 0 Å². The van der Waals surface area contributed by atoms with E-state index >= 15 is 0 Å². The Kier molecular flexibility index (Phi) is 4.53. The molecule has 0 aliphatic carbocycles. The molecule has 0 bridgehead atoms. The highest BCUT2D eigenvalue weighted by Gasteiger charge is 2.21. The summed E-state index contributed by atoms with van der Waals surface area (Å²) in [5, 5.41) is 3.84. The van der Waals surface area contributed by atoms with Crippen LogP contribution in [-0.2, 0) is 4.79 Å². The lowest BCUT2D eigenvalue weighted by atomic mass is 10.2. The highest BCUT2D eigenvalue weighted by Crippen LogP contribution is 2.30. The van der Waals surface area contributed by atoms with Gasteiger partial charge < -0.3 is 20.9 Å². The van der Waals surface area contributed by atoms with Gasteiger partial charge in [-0.25, -0.2) is 9.97 Å². The summed E-state index contributed by atoms with van der Waals surface area (Å²) in [5.41, 5.74) is 7.58. The van der Waals surface area contributed by atoms with Gasteiger partial charge in [-0.1, -0.05) is 0 Å². The van der Waals surface area contributed by atoms with E-state index in [0.29, 0.717) is 11.4 Å². The van der Waals surface area contributed by atoms with Crippen molar-refractivity contribution in [1.29, 1.82) is 0 Å². The summed E-state index contributed by atoms with van der Waals surface area (Å²) in [5.74, 6) is 1.56. The molecular formula is C15H20N6OS. The molecule has 7 nitrogen and oxygen atoms in total. The van der Waals surface area contributed by atoms with Crippen LogP contribution in [0.2, 0.25) is 0 Å². The van der Waals surface area contributed by atoms with E-state index in [1.54, 1.807) is 18.1 Å². The van der Waals surface area contributed by atoms with Crippen LogP contribution in [0.15, 0.2) is 23.6 Å². The van der Waals surface area contributed by atoms with Crippen molar-refractivity contribution in [1.82, 2.24) is 20.3 Å². The van der Waals surface area contributed by atoms with Crippen molar-refractivity contribution < 1.29 is 4.79 Å². The summed E-state index contributed by atoms with van der Waals surface area (Å²) in [6.45, 7) is 5.14. The Morgan fingerprint density at radius 3 is 3.17 bits per heavy atom. The predicted octanol–water partition coefficient (Wildman–Crippen LogP) is 1.12. The van der Waals surface area contributed by atoms with E-state index < -0.39 is 0 Å². The third kappa shape index (κ3) is 3.32. The molecular weight excluding hydrogens is 312 g/mol. The van der Waals surface area contributed by atoms with Gasteiger partial charge in [-0.15, -0.1) is 11.8 Å². The smallest absolute Gasteiger partial charge is 0.259 e. The van der Waals surface area contributed by atoms with Gasteiger partial charge in [0.05, 0.1) is 10.3 Å². The Hall–Kier alpha value is -2.06. The Morgan fingerprint density at radius 1 is 1.57 bits per heavy atom. The molecule has 3 rings (SSSR count). The molecule has 23 heavy (non-hydrogen) atoms. The molecule has 0 saturated carbocycles. The standard InChI is InChI=1S/C15H20N6OS/c1-9-5-17-13-12(9)14(20-8-19-13)21-3-4-23-11(7-21)15(22)18-6-10(2)16/h5,7-8,10H,3-4,6,16H2,1-2H3,(H,18,22)(H,17,19,20). The monoisotopic (exact) mass is 332 g/mol. The van der Waals surface area contributed by atoms with E-state index in [1.807, 2.05) is 31.1 Å². The number of rotatable bonds is 4. The molecule has 1 amide bonds. The molecule has 8 heteroatoms. The number of aryl methyl sites for hydroxylation is 1. The first-order chi connectivity index (χ1) is 11.1. The van der Waals surface area contributed by atoms with E-state index in [4.69, 9.17) is 5.73 Å². The number of carbonyl (C=O) groups is 1. The fourth-order valence-corrected chi connectivity index (χ4v) is 3.36. The average Bonchev–Trinajstić information content (AvgIpc) is 2.94. The van der Waals surface area contributed by atoms with E-state index in [1.165, 1.54) is 0 Å². The predicted molar refractivity (Wildman–Crippen MR) is 93.2 cm³/mol. The van der Waals surface area contributed by atoms with Gasteiger partial charge in [0.1, 0.15) is 17.8 Å². The SMILES string of the molecule is Cc1c[nH]c2ncnc(N3C=C(C(=O)NCC(C)N)SCC3)c12. The fourth-order valence-electron chi connectivity index (χ4n) is 2.44. The second-order valence-corrected chi connectivity index (χ2v) is 6.75. The number of hydrogen-bond acceptors (Lipinski definition) is 6. The van der Waals surface area contributed by atoms with Crippen LogP contribution in [0.5, 0.6) is 0 Å². The van der Waals surface area contributed by atoms with Gasteiger partial charge in [-0.05, 0) is 19.4 Å². The fraction of sp³-hybridized carbons (Fsp3) is 0.400. The van der Waals surface area contributed by atoms with Crippen LogP contribution in [0.4, 0.5) is 5.82 Å². The van der Waals surface area contributed by atoms with Crippen LogP contribution in [0.3, 0.4) is 0 Å². The summed E-state index contributed by atoms with van der Waals surface area (Å²) < 4.78 is 0. The maximum atomic E-state index is 12.2. The largest absolute Gasteiger partial charge is 0.350 e. The number of carbonyl (C=O) groups excluding carboxylic acids is 1. The Balaban J connectivity index is 1.88. The molecule has 0 saturated heterocycles. The third-order valence-corrected chi connectivity index (χ3v) is 4.58. The van der Waals surface area contributed by atoms with Crippen molar-refractivity contribution >= 4 is 34.5 Å². The first-order valence-electron chi connectivity index (χ1n) is 7.50. The number of anilines is 1. The average molecular weight is 332 g/mol. The molecule has 3 heterocycles. The highest BCUT2D eigenvalue weighted by molar-refractivity contribution is 8.04. The number of aromatic nitrogens is 3. The first-order valence-corrected chi connectivity index (χ1v) is 8.48. The van der Waals surface area contributed by atoms with E-state index in [0.717, 1.165) is 34.7 Å². The van der Waals surface area contributed by atoms with Gasteiger partial charge in [-0.2, -0.15) is 0 Å². The Bertz CT molecular complexity index is 754. The number of hydrogen-bond donors (Lipinski definition) is 3. The number of H-pyrrole nitrogens is 1. The third-order valence-electron chi connectivity index (χ3n) is 3.59. The molecule has 2 aromatic rings. The minimum atomic E-state index is -0.0897. The number of nitrogens with zero attached hydrogens (tertiary/aromatic N) is 3. The van der Waals surface area contributed by atoms with Crippen LogP contribution < -0.4 is 16.0 Å². The summed E-state index contributed by atoms with van der Waals surface area (Å²) in [6.07, 6.45) is 5.32. The molecule has 1 aliphatic heterocycles. The molecule has 0 spiro atoms.